The van der Waals surface area contributed by atoms with Crippen molar-refractivity contribution in [1.82, 2.24) is 10.2 Å². The quantitative estimate of drug-likeness (QED) is 0.430. The molecule has 0 fully saturated rings. The molecule has 0 heterocycles. The Bertz CT molecular complexity index is 1090. The summed E-state index contributed by atoms with van der Waals surface area (Å²) in [5.41, 5.74) is 3.84. The van der Waals surface area contributed by atoms with E-state index >= 15 is 0 Å². The topological polar surface area (TPSA) is 49.4 Å². The lowest BCUT2D eigenvalue weighted by Crippen LogP contribution is -2.50. The zero-order valence-corrected chi connectivity index (χ0v) is 20.4. The SMILES string of the molecule is CCNC(=O)[C@@H](Cc1ccccc1)N(Cc1ccc(C)cc1)C(=O)Cc1ccc(Cl)c(Cl)c1. The largest absolute Gasteiger partial charge is 0.355 e. The summed E-state index contributed by atoms with van der Waals surface area (Å²) in [5, 5.41) is 3.74. The fourth-order valence-corrected chi connectivity index (χ4v) is 3.98. The van der Waals surface area contributed by atoms with Crippen LogP contribution in [0, 0.1) is 6.92 Å². The Morgan fingerprint density at radius 3 is 2.18 bits per heavy atom. The highest BCUT2D eigenvalue weighted by Gasteiger charge is 2.30. The molecule has 1 N–H and O–H groups in total. The predicted molar refractivity (Wildman–Crippen MR) is 135 cm³/mol. The summed E-state index contributed by atoms with van der Waals surface area (Å²) in [6.07, 6.45) is 0.541. The number of amides is 2. The van der Waals surface area contributed by atoms with Crippen LogP contribution in [0.5, 0.6) is 0 Å². The van der Waals surface area contributed by atoms with Gasteiger partial charge in [-0.15, -0.1) is 0 Å². The first-order chi connectivity index (χ1) is 15.9. The Balaban J connectivity index is 1.95. The molecule has 1 atom stereocenters. The molecule has 0 saturated heterocycles. The van der Waals surface area contributed by atoms with Gasteiger partial charge >= 0.3 is 0 Å². The summed E-state index contributed by atoms with van der Waals surface area (Å²) < 4.78 is 0. The zero-order chi connectivity index (χ0) is 23.8. The number of halogens is 2. The van der Waals surface area contributed by atoms with E-state index < -0.39 is 6.04 Å². The van der Waals surface area contributed by atoms with Gasteiger partial charge in [-0.05, 0) is 42.7 Å². The molecule has 2 amide bonds. The molecule has 0 unspecified atom stereocenters. The first-order valence-electron chi connectivity index (χ1n) is 11.0. The Morgan fingerprint density at radius 1 is 0.879 bits per heavy atom. The number of rotatable bonds is 9. The molecule has 3 aromatic rings. The van der Waals surface area contributed by atoms with Crippen LogP contribution in [0.1, 0.15) is 29.2 Å². The van der Waals surface area contributed by atoms with E-state index in [1.54, 1.807) is 23.1 Å². The molecular formula is C27H28Cl2N2O2. The zero-order valence-electron chi connectivity index (χ0n) is 18.9. The Kier molecular flexibility index (Phi) is 8.93. The molecular weight excluding hydrogens is 455 g/mol. The van der Waals surface area contributed by atoms with Crippen molar-refractivity contribution in [2.45, 2.75) is 39.3 Å². The molecule has 172 valence electrons. The Hall–Kier alpha value is -2.82. The van der Waals surface area contributed by atoms with E-state index in [-0.39, 0.29) is 18.2 Å². The fourth-order valence-electron chi connectivity index (χ4n) is 3.66. The number of benzene rings is 3. The maximum absolute atomic E-state index is 13.6. The van der Waals surface area contributed by atoms with Gasteiger partial charge in [0.05, 0.1) is 16.5 Å². The van der Waals surface area contributed by atoms with Gasteiger partial charge in [0.25, 0.3) is 0 Å². The average molecular weight is 483 g/mol. The van der Waals surface area contributed by atoms with Crippen LogP contribution in [0.2, 0.25) is 10.0 Å². The van der Waals surface area contributed by atoms with E-state index in [1.165, 1.54) is 0 Å². The van der Waals surface area contributed by atoms with Crippen LogP contribution in [0.4, 0.5) is 0 Å². The molecule has 3 aromatic carbocycles. The van der Waals surface area contributed by atoms with Gasteiger partial charge in [-0.2, -0.15) is 0 Å². The molecule has 0 spiro atoms. The number of nitrogens with one attached hydrogen (secondary N) is 1. The lowest BCUT2D eigenvalue weighted by atomic mass is 10.0. The van der Waals surface area contributed by atoms with E-state index in [0.29, 0.717) is 29.6 Å². The minimum Gasteiger partial charge on any atom is -0.355 e. The van der Waals surface area contributed by atoms with Gasteiger partial charge < -0.3 is 10.2 Å². The highest BCUT2D eigenvalue weighted by molar-refractivity contribution is 6.42. The van der Waals surface area contributed by atoms with Crippen molar-refractivity contribution >= 4 is 35.0 Å². The standard InChI is InChI=1S/C27H28Cl2N2O2/c1-3-30-27(33)25(16-20-7-5-4-6-8-20)31(18-21-11-9-19(2)10-12-21)26(32)17-22-13-14-23(28)24(29)15-22/h4-15,25H,3,16-18H2,1-2H3,(H,30,33)/t25-/m1/s1. The minimum atomic E-state index is -0.649. The maximum atomic E-state index is 13.6. The lowest BCUT2D eigenvalue weighted by Gasteiger charge is -2.31. The average Bonchev–Trinajstić information content (AvgIpc) is 2.80. The number of aryl methyl sites for hydroxylation is 1. The van der Waals surface area contributed by atoms with Gasteiger partial charge in [0.15, 0.2) is 0 Å². The summed E-state index contributed by atoms with van der Waals surface area (Å²) in [4.78, 5) is 28.4. The van der Waals surface area contributed by atoms with Crippen LogP contribution < -0.4 is 5.32 Å². The number of hydrogen-bond acceptors (Lipinski definition) is 2. The number of likely N-dealkylation sites (N-methyl/N-ethyl adjacent to an activating group) is 1. The number of carbonyl (C=O) groups excluding carboxylic acids is 2. The van der Waals surface area contributed by atoms with E-state index in [1.807, 2.05) is 68.4 Å². The highest BCUT2D eigenvalue weighted by atomic mass is 35.5. The first kappa shape index (κ1) is 24.8. The summed E-state index contributed by atoms with van der Waals surface area (Å²) in [5.74, 6) is -0.322. The van der Waals surface area contributed by atoms with Crippen LogP contribution in [0.15, 0.2) is 72.8 Å². The third-order valence-corrected chi connectivity index (χ3v) is 6.17. The lowest BCUT2D eigenvalue weighted by molar-refractivity contribution is -0.140. The number of hydrogen-bond donors (Lipinski definition) is 1. The fraction of sp³-hybridized carbons (Fsp3) is 0.259. The Morgan fingerprint density at radius 2 is 1.55 bits per heavy atom. The third kappa shape index (κ3) is 7.08. The second-order valence-corrected chi connectivity index (χ2v) is 8.85. The van der Waals surface area contributed by atoms with Crippen molar-refractivity contribution < 1.29 is 9.59 Å². The molecule has 0 aromatic heterocycles. The summed E-state index contributed by atoms with van der Waals surface area (Å²) >= 11 is 12.2. The van der Waals surface area contributed by atoms with Gasteiger partial charge in [0, 0.05) is 19.5 Å². The van der Waals surface area contributed by atoms with Crippen LogP contribution in [-0.2, 0) is 29.0 Å². The van der Waals surface area contributed by atoms with Crippen molar-refractivity contribution in [3.63, 3.8) is 0 Å². The van der Waals surface area contributed by atoms with Gasteiger partial charge in [0.2, 0.25) is 11.8 Å². The van der Waals surface area contributed by atoms with E-state index in [0.717, 1.165) is 22.3 Å². The van der Waals surface area contributed by atoms with Crippen molar-refractivity contribution in [3.8, 4) is 0 Å². The van der Waals surface area contributed by atoms with Gasteiger partial charge in [-0.25, -0.2) is 0 Å². The molecule has 0 aliphatic rings. The van der Waals surface area contributed by atoms with Crippen molar-refractivity contribution in [3.05, 3.63) is 105 Å². The van der Waals surface area contributed by atoms with E-state index in [9.17, 15) is 9.59 Å². The second-order valence-electron chi connectivity index (χ2n) is 8.03. The van der Waals surface area contributed by atoms with Crippen LogP contribution in [0.25, 0.3) is 0 Å². The minimum absolute atomic E-state index is 0.118. The van der Waals surface area contributed by atoms with Crippen LogP contribution in [0.3, 0.4) is 0 Å². The number of nitrogens with zero attached hydrogens (tertiary/aromatic N) is 1. The van der Waals surface area contributed by atoms with Gasteiger partial charge in [-0.1, -0.05) is 89.4 Å². The van der Waals surface area contributed by atoms with E-state index in [4.69, 9.17) is 23.2 Å². The molecule has 0 radical (unpaired) electrons. The van der Waals surface area contributed by atoms with Gasteiger partial charge in [0.1, 0.15) is 6.04 Å². The molecule has 6 heteroatoms. The summed E-state index contributed by atoms with van der Waals surface area (Å²) in [6, 6.07) is 22.3. The van der Waals surface area contributed by atoms with Crippen molar-refractivity contribution in [2.75, 3.05) is 6.54 Å². The van der Waals surface area contributed by atoms with Crippen molar-refractivity contribution in [1.29, 1.82) is 0 Å². The van der Waals surface area contributed by atoms with Crippen LogP contribution >= 0.6 is 23.2 Å². The third-order valence-electron chi connectivity index (χ3n) is 5.43. The summed E-state index contributed by atoms with van der Waals surface area (Å²) in [7, 11) is 0. The molecule has 4 nitrogen and oxygen atoms in total. The molecule has 3 rings (SSSR count). The molecule has 0 aliphatic heterocycles. The van der Waals surface area contributed by atoms with Crippen molar-refractivity contribution in [2.24, 2.45) is 0 Å². The monoisotopic (exact) mass is 482 g/mol. The maximum Gasteiger partial charge on any atom is 0.243 e. The predicted octanol–water partition coefficient (Wildman–Crippen LogP) is 5.62. The highest BCUT2D eigenvalue weighted by Crippen LogP contribution is 2.24. The molecule has 0 bridgehead atoms. The molecule has 0 aliphatic carbocycles. The summed E-state index contributed by atoms with van der Waals surface area (Å²) in [6.45, 7) is 4.71. The van der Waals surface area contributed by atoms with Crippen LogP contribution in [-0.4, -0.2) is 29.3 Å². The molecule has 0 saturated carbocycles. The normalized spacial score (nSPS) is 11.6. The smallest absolute Gasteiger partial charge is 0.243 e. The first-order valence-corrected chi connectivity index (χ1v) is 11.7. The van der Waals surface area contributed by atoms with E-state index in [2.05, 4.69) is 5.32 Å². The second kappa shape index (κ2) is 11.9. The van der Waals surface area contributed by atoms with Gasteiger partial charge in [-0.3, -0.25) is 9.59 Å². The Labute approximate surface area is 205 Å². The molecule has 33 heavy (non-hydrogen) atoms. The number of carbonyl (C=O) groups is 2.